The summed E-state index contributed by atoms with van der Waals surface area (Å²) >= 11 is 0. The van der Waals surface area contributed by atoms with Crippen molar-refractivity contribution in [2.24, 2.45) is 0 Å². The van der Waals surface area contributed by atoms with Crippen LogP contribution in [0.3, 0.4) is 0 Å². The molecule has 8 heteroatoms. The Labute approximate surface area is 107 Å². The summed E-state index contributed by atoms with van der Waals surface area (Å²) in [5.41, 5.74) is -0.125. The number of ether oxygens (including phenoxy) is 1. The van der Waals surface area contributed by atoms with Gasteiger partial charge in [0.1, 0.15) is 18.3 Å². The zero-order valence-corrected chi connectivity index (χ0v) is 9.71. The lowest BCUT2D eigenvalue weighted by Gasteiger charge is -2.26. The molecule has 0 unspecified atom stereocenters. The second-order valence-corrected chi connectivity index (χ2v) is 4.27. The van der Waals surface area contributed by atoms with Crippen LogP contribution < -0.4 is 0 Å². The Morgan fingerprint density at radius 3 is 2.32 bits per heavy atom. The Morgan fingerprint density at radius 1 is 1.32 bits per heavy atom. The number of hydrogen-bond acceptors (Lipinski definition) is 7. The van der Waals surface area contributed by atoms with E-state index in [0.717, 1.165) is 12.1 Å². The number of rotatable bonds is 3. The minimum absolute atomic E-state index is 0.0561. The Morgan fingerprint density at radius 2 is 1.89 bits per heavy atom. The molecule has 4 N–H and O–H groups in total. The highest BCUT2D eigenvalue weighted by Crippen LogP contribution is 2.37. The van der Waals surface area contributed by atoms with Crippen LogP contribution in [0.25, 0.3) is 0 Å². The number of aliphatic hydroxyl groups excluding tert-OH is 3. The molecule has 4 atom stereocenters. The van der Waals surface area contributed by atoms with Crippen molar-refractivity contribution in [3.8, 4) is 0 Å². The van der Waals surface area contributed by atoms with Crippen LogP contribution in [-0.4, -0.2) is 50.3 Å². The highest BCUT2D eigenvalue weighted by atomic mass is 16.7. The monoisotopic (exact) mass is 271 g/mol. The summed E-state index contributed by atoms with van der Waals surface area (Å²) in [4.78, 5) is 9.91. The summed E-state index contributed by atoms with van der Waals surface area (Å²) < 4.78 is 5.04. The smallest absolute Gasteiger partial charge is 0.269 e. The van der Waals surface area contributed by atoms with Gasteiger partial charge in [-0.2, -0.15) is 0 Å². The first-order valence-corrected chi connectivity index (χ1v) is 5.52. The van der Waals surface area contributed by atoms with Gasteiger partial charge in [0, 0.05) is 17.7 Å². The average Bonchev–Trinajstić information content (AvgIpc) is 2.64. The molecule has 0 aliphatic carbocycles. The van der Waals surface area contributed by atoms with Crippen molar-refractivity contribution in [2.75, 3.05) is 6.61 Å². The molecule has 0 spiro atoms. The minimum Gasteiger partial charge on any atom is -0.394 e. The van der Waals surface area contributed by atoms with E-state index >= 15 is 0 Å². The van der Waals surface area contributed by atoms with Crippen LogP contribution in [0.15, 0.2) is 24.3 Å². The second kappa shape index (κ2) is 4.83. The molecular formula is C11H13NO7. The lowest BCUT2D eigenvalue weighted by Crippen LogP contribution is -2.40. The summed E-state index contributed by atoms with van der Waals surface area (Å²) in [6.07, 6.45) is -4.24. The molecule has 8 nitrogen and oxygen atoms in total. The summed E-state index contributed by atoms with van der Waals surface area (Å²) in [6.45, 7) is -0.576. The van der Waals surface area contributed by atoms with E-state index in [4.69, 9.17) is 9.84 Å². The SMILES string of the molecule is O=[N+]([O-])c1ccc([C@]2(O)O[C@H](CO)[C@@H](O)[C@@H]2O)cc1. The largest absolute Gasteiger partial charge is 0.394 e. The van der Waals surface area contributed by atoms with Crippen molar-refractivity contribution in [3.63, 3.8) is 0 Å². The lowest BCUT2D eigenvalue weighted by atomic mass is 9.98. The first-order valence-electron chi connectivity index (χ1n) is 5.52. The van der Waals surface area contributed by atoms with E-state index < -0.39 is 35.6 Å². The van der Waals surface area contributed by atoms with Gasteiger partial charge in [0.05, 0.1) is 11.5 Å². The number of nitrogens with zero attached hydrogens (tertiary/aromatic N) is 1. The van der Waals surface area contributed by atoms with E-state index in [2.05, 4.69) is 0 Å². The summed E-state index contributed by atoms with van der Waals surface area (Å²) in [6, 6.07) is 4.71. The molecule has 1 saturated heterocycles. The van der Waals surface area contributed by atoms with Gasteiger partial charge in [-0.1, -0.05) is 0 Å². The number of nitro groups is 1. The van der Waals surface area contributed by atoms with E-state index in [-0.39, 0.29) is 11.3 Å². The van der Waals surface area contributed by atoms with Gasteiger partial charge in [0.15, 0.2) is 0 Å². The maximum absolute atomic E-state index is 10.5. The molecule has 0 radical (unpaired) electrons. The first-order chi connectivity index (χ1) is 8.90. The van der Waals surface area contributed by atoms with Crippen molar-refractivity contribution in [1.29, 1.82) is 0 Å². The molecule has 1 aromatic rings. The van der Waals surface area contributed by atoms with Crippen LogP contribution >= 0.6 is 0 Å². The van der Waals surface area contributed by atoms with Gasteiger partial charge in [-0.15, -0.1) is 0 Å². The molecule has 2 rings (SSSR count). The van der Waals surface area contributed by atoms with Crippen LogP contribution in [0.5, 0.6) is 0 Å². The maximum Gasteiger partial charge on any atom is 0.269 e. The third kappa shape index (κ3) is 2.20. The topological polar surface area (TPSA) is 133 Å². The summed E-state index contributed by atoms with van der Waals surface area (Å²) in [5.74, 6) is -2.21. The normalized spacial score (nSPS) is 34.4. The third-order valence-corrected chi connectivity index (χ3v) is 3.11. The van der Waals surface area contributed by atoms with Crippen LogP contribution in [0.1, 0.15) is 5.56 Å². The van der Waals surface area contributed by atoms with E-state index in [1.165, 1.54) is 12.1 Å². The van der Waals surface area contributed by atoms with E-state index in [1.54, 1.807) is 0 Å². The van der Waals surface area contributed by atoms with Gasteiger partial charge in [-0.3, -0.25) is 10.1 Å². The fourth-order valence-corrected chi connectivity index (χ4v) is 2.01. The fraction of sp³-hybridized carbons (Fsp3) is 0.455. The molecule has 0 saturated carbocycles. The van der Waals surface area contributed by atoms with Crippen molar-refractivity contribution in [3.05, 3.63) is 39.9 Å². The van der Waals surface area contributed by atoms with Gasteiger partial charge in [0.25, 0.3) is 5.69 Å². The van der Waals surface area contributed by atoms with E-state index in [9.17, 15) is 25.4 Å². The Balaban J connectivity index is 2.32. The standard InChI is InChI=1S/C11H13NO7/c13-5-8-9(14)10(15)11(16,19-8)6-1-3-7(4-2-6)12(17)18/h1-4,8-10,13-16H,5H2/t8-,9-,10+,11+/m1/s1. The molecule has 1 aliphatic heterocycles. The van der Waals surface area contributed by atoms with Crippen LogP contribution in [0.2, 0.25) is 0 Å². The molecule has 0 aromatic heterocycles. The molecule has 1 heterocycles. The van der Waals surface area contributed by atoms with Crippen LogP contribution in [-0.2, 0) is 10.5 Å². The summed E-state index contributed by atoms with van der Waals surface area (Å²) in [7, 11) is 0. The lowest BCUT2D eigenvalue weighted by molar-refractivity contribution is -0.384. The number of aliphatic hydroxyl groups is 4. The van der Waals surface area contributed by atoms with Crippen molar-refractivity contribution < 1.29 is 30.1 Å². The molecule has 19 heavy (non-hydrogen) atoms. The Hall–Kier alpha value is -1.58. The van der Waals surface area contributed by atoms with Crippen LogP contribution in [0.4, 0.5) is 5.69 Å². The zero-order chi connectivity index (χ0) is 14.2. The quantitative estimate of drug-likeness (QED) is 0.403. The summed E-state index contributed by atoms with van der Waals surface area (Å²) in [5, 5.41) is 49.1. The maximum atomic E-state index is 10.5. The van der Waals surface area contributed by atoms with E-state index in [0.29, 0.717) is 0 Å². The van der Waals surface area contributed by atoms with Crippen molar-refractivity contribution in [1.82, 2.24) is 0 Å². The molecule has 1 aliphatic rings. The van der Waals surface area contributed by atoms with Gasteiger partial charge in [0.2, 0.25) is 5.79 Å². The molecule has 1 fully saturated rings. The van der Waals surface area contributed by atoms with Gasteiger partial charge < -0.3 is 25.2 Å². The zero-order valence-electron chi connectivity index (χ0n) is 9.71. The van der Waals surface area contributed by atoms with Gasteiger partial charge in [-0.05, 0) is 12.1 Å². The fourth-order valence-electron chi connectivity index (χ4n) is 2.01. The predicted molar refractivity (Wildman–Crippen MR) is 61.0 cm³/mol. The van der Waals surface area contributed by atoms with E-state index in [1.807, 2.05) is 0 Å². The van der Waals surface area contributed by atoms with Gasteiger partial charge >= 0.3 is 0 Å². The number of benzene rings is 1. The number of non-ortho nitro benzene ring substituents is 1. The van der Waals surface area contributed by atoms with Crippen LogP contribution in [0, 0.1) is 10.1 Å². The highest BCUT2D eigenvalue weighted by Gasteiger charge is 2.54. The number of nitro benzene ring substituents is 1. The highest BCUT2D eigenvalue weighted by molar-refractivity contribution is 5.35. The van der Waals surface area contributed by atoms with Gasteiger partial charge in [-0.25, -0.2) is 0 Å². The number of hydrogen-bond donors (Lipinski definition) is 4. The Kier molecular flexibility index (Phi) is 3.52. The average molecular weight is 271 g/mol. The first kappa shape index (κ1) is 13.8. The second-order valence-electron chi connectivity index (χ2n) is 4.27. The molecule has 0 amide bonds. The third-order valence-electron chi connectivity index (χ3n) is 3.11. The molecule has 104 valence electrons. The van der Waals surface area contributed by atoms with Crippen molar-refractivity contribution >= 4 is 5.69 Å². The molecule has 0 bridgehead atoms. The van der Waals surface area contributed by atoms with Crippen molar-refractivity contribution in [2.45, 2.75) is 24.1 Å². The molecular weight excluding hydrogens is 258 g/mol. The minimum atomic E-state index is -2.21. The Bertz CT molecular complexity index is 476. The predicted octanol–water partition coefficient (Wildman–Crippen LogP) is -1.15. The molecule has 1 aromatic carbocycles.